The molecule has 0 bridgehead atoms. The maximum Gasteiger partial charge on any atom is 0.328 e. The summed E-state index contributed by atoms with van der Waals surface area (Å²) in [7, 11) is -0.655. The molecule has 5 atom stereocenters. The van der Waals surface area contributed by atoms with Gasteiger partial charge in [0.15, 0.2) is 0 Å². The van der Waals surface area contributed by atoms with Gasteiger partial charge >= 0.3 is 5.97 Å². The van der Waals surface area contributed by atoms with Gasteiger partial charge in [-0.15, -0.1) is 0 Å². The minimum atomic E-state index is -1.26. The molecule has 7 nitrogen and oxygen atoms in total. The highest BCUT2D eigenvalue weighted by molar-refractivity contribution is 8.16. The number of hydrogen-bond donors (Lipinski definition) is 6. The summed E-state index contributed by atoms with van der Waals surface area (Å²) in [6.45, 7) is 5.03. The van der Waals surface area contributed by atoms with Crippen molar-refractivity contribution in [3.8, 4) is 0 Å². The quantitative estimate of drug-likeness (QED) is 0.207. The Balaban J connectivity index is 1.56. The van der Waals surface area contributed by atoms with Crippen molar-refractivity contribution in [3.63, 3.8) is 0 Å². The molecular weight excluding hydrogens is 490 g/mol. The monoisotopic (exact) mass is 531 g/mol. The molecule has 0 spiro atoms. The van der Waals surface area contributed by atoms with E-state index in [0.29, 0.717) is 18.6 Å². The average Bonchev–Trinajstić information content (AvgIpc) is 2.83. The van der Waals surface area contributed by atoms with Gasteiger partial charge in [0.1, 0.15) is 11.6 Å². The van der Waals surface area contributed by atoms with Gasteiger partial charge in [-0.3, -0.25) is 4.79 Å². The van der Waals surface area contributed by atoms with Crippen molar-refractivity contribution in [3.05, 3.63) is 70.3 Å². The van der Waals surface area contributed by atoms with E-state index in [1.54, 1.807) is 0 Å². The molecule has 204 valence electrons. The molecule has 0 aromatic heterocycles. The number of aliphatic hydroxyl groups excluding tert-OH is 3. The Kier molecular flexibility index (Phi) is 9.80. The number of carboxylic acid groups (broad SMARTS) is 1. The Morgan fingerprint density at radius 3 is 2.30 bits per heavy atom. The summed E-state index contributed by atoms with van der Waals surface area (Å²) < 4.78 is 0. The molecule has 3 rings (SSSR count). The predicted molar refractivity (Wildman–Crippen MR) is 148 cm³/mol. The van der Waals surface area contributed by atoms with E-state index in [9.17, 15) is 24.9 Å². The zero-order chi connectivity index (χ0) is 27.3. The van der Waals surface area contributed by atoms with Crippen LogP contribution in [-0.2, 0) is 22.4 Å². The lowest BCUT2D eigenvalue weighted by Crippen LogP contribution is -2.49. The molecule has 2 aromatic rings. The Bertz CT molecular complexity index is 1090. The van der Waals surface area contributed by atoms with Crippen LogP contribution in [0.4, 0.5) is 0 Å². The molecule has 2 aromatic carbocycles. The Morgan fingerprint density at radius 2 is 1.65 bits per heavy atom. The smallest absolute Gasteiger partial charge is 0.328 e. The van der Waals surface area contributed by atoms with E-state index < -0.39 is 40.7 Å². The van der Waals surface area contributed by atoms with Crippen LogP contribution < -0.4 is 5.32 Å². The summed E-state index contributed by atoms with van der Waals surface area (Å²) in [5, 5.41) is 42.4. The van der Waals surface area contributed by atoms with Crippen LogP contribution >= 0.6 is 10.9 Å². The number of benzene rings is 2. The fourth-order valence-electron chi connectivity index (χ4n) is 4.83. The van der Waals surface area contributed by atoms with Gasteiger partial charge in [-0.05, 0) is 80.5 Å². The van der Waals surface area contributed by atoms with E-state index in [0.717, 1.165) is 24.8 Å². The predicted octanol–water partition coefficient (Wildman–Crippen LogP) is 3.05. The molecule has 5 N–H and O–H groups in total. The van der Waals surface area contributed by atoms with E-state index in [1.165, 1.54) is 36.1 Å². The number of aliphatic hydroxyl groups is 3. The van der Waals surface area contributed by atoms with E-state index in [4.69, 9.17) is 5.11 Å². The molecule has 0 aliphatic carbocycles. The highest BCUT2D eigenvalue weighted by Crippen LogP contribution is 2.48. The number of aliphatic carboxylic acids is 1. The number of nitrogens with one attached hydrogen (secondary N) is 1. The number of amides is 1. The van der Waals surface area contributed by atoms with Crippen LogP contribution in [-0.4, -0.2) is 68.2 Å². The molecule has 8 heteroatoms. The second-order valence-corrected chi connectivity index (χ2v) is 13.2. The first-order valence-corrected chi connectivity index (χ1v) is 14.9. The minimum absolute atomic E-state index is 0.160. The van der Waals surface area contributed by atoms with Gasteiger partial charge < -0.3 is 25.7 Å². The van der Waals surface area contributed by atoms with Gasteiger partial charge in [0.2, 0.25) is 5.91 Å². The number of unbranched alkanes of at least 4 members (excludes halogenated alkanes) is 1. The largest absolute Gasteiger partial charge is 0.480 e. The fourth-order valence-corrected chi connectivity index (χ4v) is 7.23. The summed E-state index contributed by atoms with van der Waals surface area (Å²) in [6.07, 6.45) is 2.55. The number of hydrogen-bond acceptors (Lipinski definition) is 5. The molecule has 1 aliphatic rings. The second kappa shape index (κ2) is 12.4. The molecular formula is C29H41NO6S. The first-order chi connectivity index (χ1) is 17.4. The summed E-state index contributed by atoms with van der Waals surface area (Å²) in [5.74, 6) is -0.778. The zero-order valence-corrected chi connectivity index (χ0v) is 23.0. The molecule has 0 radical (unpaired) electrons. The van der Waals surface area contributed by atoms with Crippen LogP contribution in [0.3, 0.4) is 0 Å². The summed E-state index contributed by atoms with van der Waals surface area (Å²) in [5.41, 5.74) is 4.47. The van der Waals surface area contributed by atoms with E-state index in [2.05, 4.69) is 54.9 Å². The highest BCUT2D eigenvalue weighted by Gasteiger charge is 2.40. The molecule has 0 saturated carbocycles. The van der Waals surface area contributed by atoms with Crippen LogP contribution in [0.5, 0.6) is 0 Å². The first kappa shape index (κ1) is 29.2. The topological polar surface area (TPSA) is 127 Å². The Hall–Kier alpha value is -2.39. The standard InChI is InChI=1S/C29H41NO6S/c1-18-9-14-21(27-26(34)25(33)23(31)17-37(27)4)16-22(18)15-20-12-10-19(11-13-20)7-5-6-8-24(32)30-29(2,3)28(35)36/h9-14,16,23,25-27,31,33-34,37H,5-8,15,17H2,1-4H3,(H,30,32)(H,35,36)/t23-,25-,26-,27+/m1/s1. The van der Waals surface area contributed by atoms with E-state index in [-0.39, 0.29) is 11.2 Å². The number of rotatable bonds is 10. The third kappa shape index (κ3) is 7.57. The lowest BCUT2D eigenvalue weighted by Gasteiger charge is -2.42. The Morgan fingerprint density at radius 1 is 1.00 bits per heavy atom. The van der Waals surface area contributed by atoms with Gasteiger partial charge in [-0.2, -0.15) is 0 Å². The van der Waals surface area contributed by atoms with Gasteiger partial charge in [-0.1, -0.05) is 42.5 Å². The third-order valence-corrected chi connectivity index (χ3v) is 9.76. The molecule has 1 heterocycles. The first-order valence-electron chi connectivity index (χ1n) is 12.8. The number of aryl methyl sites for hydroxylation is 2. The van der Waals surface area contributed by atoms with Gasteiger partial charge in [0.25, 0.3) is 0 Å². The molecule has 1 saturated heterocycles. The van der Waals surface area contributed by atoms with Crippen molar-refractivity contribution in [1.29, 1.82) is 0 Å². The lowest BCUT2D eigenvalue weighted by molar-refractivity contribution is -0.146. The van der Waals surface area contributed by atoms with Crippen LogP contribution in [0.1, 0.15) is 66.2 Å². The molecule has 1 fully saturated rings. The lowest BCUT2D eigenvalue weighted by atomic mass is 9.93. The average molecular weight is 532 g/mol. The number of carboxylic acids is 1. The summed E-state index contributed by atoms with van der Waals surface area (Å²) >= 11 is 0. The van der Waals surface area contributed by atoms with Crippen LogP contribution in [0.25, 0.3) is 0 Å². The van der Waals surface area contributed by atoms with Gasteiger partial charge in [-0.25, -0.2) is 15.7 Å². The maximum atomic E-state index is 12.0. The van der Waals surface area contributed by atoms with Crippen LogP contribution in [0, 0.1) is 6.92 Å². The molecule has 1 unspecified atom stereocenters. The SMILES string of the molecule is Cc1ccc([C@H]2[C@H](O)[C@H](O)[C@H](O)C[SH]2C)cc1Cc1ccc(CCCCC(=O)NC(C)(C)C(=O)O)cc1. The number of carbonyl (C=O) groups excluding carboxylic acids is 1. The second-order valence-electron chi connectivity index (χ2n) is 10.8. The van der Waals surface area contributed by atoms with Crippen molar-refractivity contribution in [1.82, 2.24) is 5.32 Å². The maximum absolute atomic E-state index is 12.0. The van der Waals surface area contributed by atoms with Crippen molar-refractivity contribution in [2.24, 2.45) is 0 Å². The van der Waals surface area contributed by atoms with Crippen LogP contribution in [0.2, 0.25) is 0 Å². The fraction of sp³-hybridized carbons (Fsp3) is 0.517. The van der Waals surface area contributed by atoms with Crippen molar-refractivity contribution < 1.29 is 30.0 Å². The summed E-state index contributed by atoms with van der Waals surface area (Å²) in [6, 6.07) is 14.7. The third-order valence-electron chi connectivity index (χ3n) is 7.26. The number of carbonyl (C=O) groups is 2. The normalized spacial score (nSPS) is 25.0. The molecule has 1 amide bonds. The molecule has 1 aliphatic heterocycles. The number of thiol groups is 1. The zero-order valence-electron chi connectivity index (χ0n) is 22.1. The van der Waals surface area contributed by atoms with E-state index in [1.807, 2.05) is 6.07 Å². The van der Waals surface area contributed by atoms with E-state index >= 15 is 0 Å². The van der Waals surface area contributed by atoms with Crippen molar-refractivity contribution in [2.45, 2.75) is 82.0 Å². The molecule has 37 heavy (non-hydrogen) atoms. The Labute approximate surface area is 222 Å². The van der Waals surface area contributed by atoms with Crippen LogP contribution in [0.15, 0.2) is 42.5 Å². The van der Waals surface area contributed by atoms with Gasteiger partial charge in [0, 0.05) is 17.4 Å². The highest BCUT2D eigenvalue weighted by atomic mass is 32.2. The van der Waals surface area contributed by atoms with Crippen molar-refractivity contribution in [2.75, 3.05) is 12.0 Å². The minimum Gasteiger partial charge on any atom is -0.480 e. The van der Waals surface area contributed by atoms with Gasteiger partial charge in [0.05, 0.1) is 12.2 Å². The summed E-state index contributed by atoms with van der Waals surface area (Å²) in [4.78, 5) is 23.1. The van der Waals surface area contributed by atoms with Crippen molar-refractivity contribution >= 4 is 22.8 Å².